The van der Waals surface area contributed by atoms with Gasteiger partial charge in [0, 0.05) is 22.6 Å². The molecule has 19 heavy (non-hydrogen) atoms. The molecule has 0 heterocycles. The molecule has 0 amide bonds. The van der Waals surface area contributed by atoms with Crippen LogP contribution in [-0.4, -0.2) is 41.5 Å². The molecule has 0 aliphatic heterocycles. The van der Waals surface area contributed by atoms with Crippen molar-refractivity contribution in [2.75, 3.05) is 19.7 Å². The van der Waals surface area contributed by atoms with Crippen LogP contribution in [0.2, 0.25) is 0 Å². The zero-order valence-electron chi connectivity index (χ0n) is 11.0. The number of Topliss-reactive ketones (excluding diaryl/α,β-unsaturated/α-hetero) is 1. The second kappa shape index (κ2) is 7.17. The fourth-order valence-corrected chi connectivity index (χ4v) is 3.13. The summed E-state index contributed by atoms with van der Waals surface area (Å²) in [6.07, 6.45) is 4.76. The summed E-state index contributed by atoms with van der Waals surface area (Å²) in [5.41, 5.74) is 0.732. The summed E-state index contributed by atoms with van der Waals surface area (Å²) < 4.78 is 0.924. The average molecular weight is 326 g/mol. The van der Waals surface area contributed by atoms with E-state index in [-0.39, 0.29) is 12.4 Å². The highest BCUT2D eigenvalue weighted by Crippen LogP contribution is 2.23. The molecule has 4 heteroatoms. The molecule has 1 aromatic carbocycles. The minimum atomic E-state index is 0.113. The minimum Gasteiger partial charge on any atom is -0.395 e. The van der Waals surface area contributed by atoms with Gasteiger partial charge in [-0.05, 0) is 25.0 Å². The Morgan fingerprint density at radius 1 is 1.37 bits per heavy atom. The predicted octanol–water partition coefficient (Wildman–Crippen LogP) is 2.87. The molecule has 0 bridgehead atoms. The van der Waals surface area contributed by atoms with Crippen molar-refractivity contribution >= 4 is 21.7 Å². The van der Waals surface area contributed by atoms with Gasteiger partial charge in [0.2, 0.25) is 0 Å². The van der Waals surface area contributed by atoms with Crippen LogP contribution in [0.3, 0.4) is 0 Å². The molecule has 1 fully saturated rings. The number of rotatable bonds is 6. The van der Waals surface area contributed by atoms with E-state index < -0.39 is 0 Å². The molecule has 1 aliphatic rings. The van der Waals surface area contributed by atoms with E-state index in [2.05, 4.69) is 20.8 Å². The number of aliphatic hydroxyl groups is 1. The number of ketones is 1. The van der Waals surface area contributed by atoms with Crippen LogP contribution in [0.5, 0.6) is 0 Å². The second-order valence-corrected chi connectivity index (χ2v) is 5.98. The third kappa shape index (κ3) is 4.13. The van der Waals surface area contributed by atoms with Crippen LogP contribution < -0.4 is 0 Å². The molecule has 0 saturated heterocycles. The second-order valence-electron chi connectivity index (χ2n) is 5.07. The highest BCUT2D eigenvalue weighted by Gasteiger charge is 2.24. The van der Waals surface area contributed by atoms with Crippen molar-refractivity contribution in [1.82, 2.24) is 4.90 Å². The fourth-order valence-electron chi connectivity index (χ4n) is 2.73. The first-order chi connectivity index (χ1) is 9.20. The van der Waals surface area contributed by atoms with Crippen LogP contribution >= 0.6 is 15.9 Å². The number of carbonyl (C=O) groups excluding carboxylic acids is 1. The summed E-state index contributed by atoms with van der Waals surface area (Å²) in [6, 6.07) is 7.96. The number of carbonyl (C=O) groups is 1. The van der Waals surface area contributed by atoms with Gasteiger partial charge in [-0.2, -0.15) is 0 Å². The lowest BCUT2D eigenvalue weighted by molar-refractivity contribution is 0.0862. The van der Waals surface area contributed by atoms with Gasteiger partial charge in [0.1, 0.15) is 0 Å². The first-order valence-corrected chi connectivity index (χ1v) is 7.63. The number of benzene rings is 1. The summed E-state index contributed by atoms with van der Waals surface area (Å²) in [6.45, 7) is 1.11. The molecule has 1 N–H and O–H groups in total. The van der Waals surface area contributed by atoms with Gasteiger partial charge in [0.25, 0.3) is 0 Å². The molecule has 1 saturated carbocycles. The normalized spacial score (nSPS) is 16.2. The Balaban J connectivity index is 2.01. The van der Waals surface area contributed by atoms with Crippen LogP contribution in [0.1, 0.15) is 36.0 Å². The molecular weight excluding hydrogens is 306 g/mol. The Morgan fingerprint density at radius 2 is 2.11 bits per heavy atom. The topological polar surface area (TPSA) is 40.5 Å². The highest BCUT2D eigenvalue weighted by molar-refractivity contribution is 9.10. The Bertz CT molecular complexity index is 430. The third-order valence-electron chi connectivity index (χ3n) is 3.72. The minimum absolute atomic E-state index is 0.113. The maximum atomic E-state index is 12.3. The van der Waals surface area contributed by atoms with E-state index in [1.54, 1.807) is 0 Å². The first-order valence-electron chi connectivity index (χ1n) is 6.84. The largest absolute Gasteiger partial charge is 0.395 e. The van der Waals surface area contributed by atoms with Crippen molar-refractivity contribution in [2.45, 2.75) is 31.7 Å². The van der Waals surface area contributed by atoms with Gasteiger partial charge in [0.15, 0.2) is 5.78 Å². The molecule has 1 aromatic rings. The molecule has 1 aliphatic carbocycles. The van der Waals surface area contributed by atoms with Crippen molar-refractivity contribution in [3.05, 3.63) is 34.3 Å². The van der Waals surface area contributed by atoms with Crippen molar-refractivity contribution in [2.24, 2.45) is 0 Å². The molecule has 3 nitrogen and oxygen atoms in total. The van der Waals surface area contributed by atoms with Gasteiger partial charge < -0.3 is 5.11 Å². The SMILES string of the molecule is O=C(CN(CCO)C1CCCC1)c1cccc(Br)c1. The van der Waals surface area contributed by atoms with E-state index in [0.717, 1.165) is 22.9 Å². The molecule has 0 unspecified atom stereocenters. The molecule has 0 radical (unpaired) electrons. The van der Waals surface area contributed by atoms with Crippen molar-refractivity contribution in [1.29, 1.82) is 0 Å². The lowest BCUT2D eigenvalue weighted by Crippen LogP contribution is -2.39. The van der Waals surface area contributed by atoms with Crippen LogP contribution in [0.15, 0.2) is 28.7 Å². The Morgan fingerprint density at radius 3 is 2.74 bits per heavy atom. The monoisotopic (exact) mass is 325 g/mol. The molecule has 0 spiro atoms. The fraction of sp³-hybridized carbons (Fsp3) is 0.533. The quantitative estimate of drug-likeness (QED) is 0.817. The number of halogens is 1. The standard InChI is InChI=1S/C15H20BrNO2/c16-13-5-3-4-12(10-13)15(19)11-17(8-9-18)14-6-1-2-7-14/h3-5,10,14,18H,1-2,6-9,11H2. The van der Waals surface area contributed by atoms with E-state index in [1.165, 1.54) is 12.8 Å². The Hall–Kier alpha value is -0.710. The Kier molecular flexibility index (Phi) is 5.55. The van der Waals surface area contributed by atoms with Crippen LogP contribution in [0.4, 0.5) is 0 Å². The first kappa shape index (κ1) is 14.7. The van der Waals surface area contributed by atoms with Crippen molar-refractivity contribution < 1.29 is 9.90 Å². The molecule has 2 rings (SSSR count). The zero-order chi connectivity index (χ0) is 13.7. The maximum absolute atomic E-state index is 12.3. The van der Waals surface area contributed by atoms with Gasteiger partial charge >= 0.3 is 0 Å². The number of aliphatic hydroxyl groups excluding tert-OH is 1. The molecule has 104 valence electrons. The van der Waals surface area contributed by atoms with Gasteiger partial charge in [-0.3, -0.25) is 9.69 Å². The van der Waals surface area contributed by atoms with E-state index in [0.29, 0.717) is 19.1 Å². The van der Waals surface area contributed by atoms with Crippen LogP contribution in [0.25, 0.3) is 0 Å². The number of hydrogen-bond donors (Lipinski definition) is 1. The summed E-state index contributed by atoms with van der Waals surface area (Å²) in [7, 11) is 0. The van der Waals surface area contributed by atoms with E-state index >= 15 is 0 Å². The van der Waals surface area contributed by atoms with Crippen LogP contribution in [-0.2, 0) is 0 Å². The highest BCUT2D eigenvalue weighted by atomic mass is 79.9. The van der Waals surface area contributed by atoms with Gasteiger partial charge in [-0.15, -0.1) is 0 Å². The summed E-state index contributed by atoms with van der Waals surface area (Å²) in [5.74, 6) is 0.127. The smallest absolute Gasteiger partial charge is 0.176 e. The average Bonchev–Trinajstić information content (AvgIpc) is 2.92. The third-order valence-corrected chi connectivity index (χ3v) is 4.21. The van der Waals surface area contributed by atoms with Crippen LogP contribution in [0, 0.1) is 0 Å². The number of nitrogens with zero attached hydrogens (tertiary/aromatic N) is 1. The summed E-state index contributed by atoms with van der Waals surface area (Å²) in [4.78, 5) is 14.4. The Labute approximate surface area is 122 Å². The van der Waals surface area contributed by atoms with Crippen molar-refractivity contribution in [3.8, 4) is 0 Å². The van der Waals surface area contributed by atoms with E-state index in [1.807, 2.05) is 24.3 Å². The maximum Gasteiger partial charge on any atom is 0.176 e. The summed E-state index contributed by atoms with van der Waals surface area (Å²) >= 11 is 3.39. The van der Waals surface area contributed by atoms with E-state index in [9.17, 15) is 4.79 Å². The van der Waals surface area contributed by atoms with Gasteiger partial charge in [0.05, 0.1) is 13.2 Å². The lowest BCUT2D eigenvalue weighted by atomic mass is 10.1. The molecule has 0 aromatic heterocycles. The molecule has 0 atom stereocenters. The lowest BCUT2D eigenvalue weighted by Gasteiger charge is -2.27. The molecular formula is C15H20BrNO2. The van der Waals surface area contributed by atoms with Gasteiger partial charge in [-0.1, -0.05) is 40.9 Å². The number of hydrogen-bond acceptors (Lipinski definition) is 3. The van der Waals surface area contributed by atoms with E-state index in [4.69, 9.17) is 5.11 Å². The predicted molar refractivity (Wildman–Crippen MR) is 79.4 cm³/mol. The summed E-state index contributed by atoms with van der Waals surface area (Å²) in [5, 5.41) is 9.16. The zero-order valence-corrected chi connectivity index (χ0v) is 12.6. The van der Waals surface area contributed by atoms with Crippen molar-refractivity contribution in [3.63, 3.8) is 0 Å². The van der Waals surface area contributed by atoms with Gasteiger partial charge in [-0.25, -0.2) is 0 Å².